The fourth-order valence-corrected chi connectivity index (χ4v) is 2.50. The molecule has 2 aromatic carbocycles. The number of halogens is 2. The van der Waals surface area contributed by atoms with E-state index >= 15 is 0 Å². The number of carbonyl (C=O) groups excluding carboxylic acids is 2. The Morgan fingerprint density at radius 2 is 1.62 bits per heavy atom. The van der Waals surface area contributed by atoms with Gasteiger partial charge in [0.2, 0.25) is 0 Å². The Morgan fingerprint density at radius 3 is 2.19 bits per heavy atom. The summed E-state index contributed by atoms with van der Waals surface area (Å²) in [6, 6.07) is 12.3. The van der Waals surface area contributed by atoms with Crippen LogP contribution in [0.15, 0.2) is 42.5 Å². The maximum absolute atomic E-state index is 12.2. The van der Waals surface area contributed by atoms with Gasteiger partial charge in [-0.1, -0.05) is 35.3 Å². The van der Waals surface area contributed by atoms with Gasteiger partial charge in [0.05, 0.1) is 15.6 Å². The third kappa shape index (κ3) is 5.38. The molecule has 0 radical (unpaired) electrons. The molecule has 0 bridgehead atoms. The first-order valence-electron chi connectivity index (χ1n) is 7.90. The zero-order valence-corrected chi connectivity index (χ0v) is 16.3. The Morgan fingerprint density at radius 1 is 0.962 bits per heavy atom. The number of amides is 1. The summed E-state index contributed by atoms with van der Waals surface area (Å²) in [5.74, 6) is -0.921. The molecule has 0 aromatic heterocycles. The van der Waals surface area contributed by atoms with E-state index in [1.807, 2.05) is 43.3 Å². The molecule has 0 saturated carbocycles. The van der Waals surface area contributed by atoms with Crippen LogP contribution in [0.25, 0.3) is 0 Å². The molecule has 0 aliphatic heterocycles. The van der Waals surface area contributed by atoms with Gasteiger partial charge in [0.15, 0.2) is 6.61 Å². The summed E-state index contributed by atoms with van der Waals surface area (Å²) in [6.45, 7) is 0.0855. The van der Waals surface area contributed by atoms with Crippen LogP contribution in [0.5, 0.6) is 0 Å². The summed E-state index contributed by atoms with van der Waals surface area (Å²) in [6.07, 6.45) is 0. The monoisotopic (exact) mass is 394 g/mol. The van der Waals surface area contributed by atoms with Crippen molar-refractivity contribution in [3.8, 4) is 0 Å². The van der Waals surface area contributed by atoms with Crippen molar-refractivity contribution in [1.29, 1.82) is 0 Å². The molecule has 0 heterocycles. The minimum absolute atomic E-state index is 0.245. The number of carbonyl (C=O) groups is 2. The molecule has 0 atom stereocenters. The largest absolute Gasteiger partial charge is 0.452 e. The second-order valence-corrected chi connectivity index (χ2v) is 6.83. The van der Waals surface area contributed by atoms with Crippen LogP contribution < -0.4 is 4.90 Å². The van der Waals surface area contributed by atoms with Crippen LogP contribution in [0.2, 0.25) is 10.0 Å². The number of nitrogens with zero attached hydrogens (tertiary/aromatic N) is 2. The number of anilines is 1. The summed E-state index contributed by atoms with van der Waals surface area (Å²) < 4.78 is 5.06. The molecular formula is C19H20Cl2N2O3. The van der Waals surface area contributed by atoms with Crippen molar-refractivity contribution in [2.75, 3.05) is 32.6 Å². The second-order valence-electron chi connectivity index (χ2n) is 6.02. The Balaban J connectivity index is 1.88. The van der Waals surface area contributed by atoms with Crippen molar-refractivity contribution >= 4 is 40.8 Å². The minimum atomic E-state index is -0.624. The quantitative estimate of drug-likeness (QED) is 0.697. The van der Waals surface area contributed by atoms with Gasteiger partial charge < -0.3 is 14.5 Å². The fourth-order valence-electron chi connectivity index (χ4n) is 2.21. The molecule has 0 aliphatic rings. The van der Waals surface area contributed by atoms with Gasteiger partial charge in [-0.3, -0.25) is 4.79 Å². The minimum Gasteiger partial charge on any atom is -0.452 e. The highest BCUT2D eigenvalue weighted by atomic mass is 35.5. The van der Waals surface area contributed by atoms with Crippen LogP contribution in [0.4, 0.5) is 5.69 Å². The summed E-state index contributed by atoms with van der Waals surface area (Å²) in [4.78, 5) is 27.7. The van der Waals surface area contributed by atoms with E-state index in [0.717, 1.165) is 11.3 Å². The first-order chi connectivity index (χ1) is 12.3. The summed E-state index contributed by atoms with van der Waals surface area (Å²) in [7, 11) is 5.59. The van der Waals surface area contributed by atoms with Gasteiger partial charge in [-0.25, -0.2) is 4.79 Å². The highest BCUT2D eigenvalue weighted by molar-refractivity contribution is 6.42. The molecule has 1 amide bonds. The van der Waals surface area contributed by atoms with E-state index < -0.39 is 5.97 Å². The van der Waals surface area contributed by atoms with E-state index in [4.69, 9.17) is 27.9 Å². The van der Waals surface area contributed by atoms with E-state index in [1.54, 1.807) is 7.05 Å². The lowest BCUT2D eigenvalue weighted by Gasteiger charge is -2.18. The van der Waals surface area contributed by atoms with E-state index in [-0.39, 0.29) is 23.1 Å². The maximum Gasteiger partial charge on any atom is 0.338 e. The third-order valence-corrected chi connectivity index (χ3v) is 4.52. The van der Waals surface area contributed by atoms with Crippen molar-refractivity contribution in [2.24, 2.45) is 0 Å². The standard InChI is InChI=1S/C19H20Cl2N2O3/c1-22(2)15-7-4-13(5-8-15)11-23(3)18(24)12-26-19(25)14-6-9-16(20)17(21)10-14/h4-10H,11-12H2,1-3H3. The van der Waals surface area contributed by atoms with Crippen molar-refractivity contribution in [2.45, 2.75) is 6.54 Å². The molecule has 7 heteroatoms. The number of hydrogen-bond acceptors (Lipinski definition) is 4. The molecule has 0 saturated heterocycles. The first-order valence-corrected chi connectivity index (χ1v) is 8.66. The first kappa shape index (κ1) is 20.1. The molecule has 2 rings (SSSR count). The summed E-state index contributed by atoms with van der Waals surface area (Å²) >= 11 is 11.7. The van der Waals surface area contributed by atoms with Crippen molar-refractivity contribution in [3.05, 3.63) is 63.6 Å². The second kappa shape index (κ2) is 8.92. The topological polar surface area (TPSA) is 49.9 Å². The van der Waals surface area contributed by atoms with Crippen LogP contribution >= 0.6 is 23.2 Å². The van der Waals surface area contributed by atoms with Gasteiger partial charge in [-0.05, 0) is 35.9 Å². The molecule has 0 unspecified atom stereocenters. The number of esters is 1. The molecule has 0 fully saturated rings. The number of hydrogen-bond donors (Lipinski definition) is 0. The van der Waals surface area contributed by atoms with Crippen LogP contribution in [0, 0.1) is 0 Å². The number of ether oxygens (including phenoxy) is 1. The predicted octanol–water partition coefficient (Wildman–Crippen LogP) is 3.87. The zero-order valence-electron chi connectivity index (χ0n) is 14.8. The lowest BCUT2D eigenvalue weighted by molar-refractivity contribution is -0.133. The van der Waals surface area contributed by atoms with Crippen molar-refractivity contribution < 1.29 is 14.3 Å². The van der Waals surface area contributed by atoms with E-state index in [2.05, 4.69) is 0 Å². The van der Waals surface area contributed by atoms with Crippen LogP contribution in [-0.4, -0.2) is 44.5 Å². The SMILES string of the molecule is CN(Cc1ccc(N(C)C)cc1)C(=O)COC(=O)c1ccc(Cl)c(Cl)c1. The molecule has 0 spiro atoms. The lowest BCUT2D eigenvalue weighted by Crippen LogP contribution is -2.30. The number of rotatable bonds is 6. The number of benzene rings is 2. The van der Waals surface area contributed by atoms with Crippen LogP contribution in [0.1, 0.15) is 15.9 Å². The smallest absolute Gasteiger partial charge is 0.338 e. The average molecular weight is 395 g/mol. The van der Waals surface area contributed by atoms with Gasteiger partial charge >= 0.3 is 5.97 Å². The molecular weight excluding hydrogens is 375 g/mol. The van der Waals surface area contributed by atoms with Gasteiger partial charge in [0.25, 0.3) is 5.91 Å². The van der Waals surface area contributed by atoms with Crippen LogP contribution in [0.3, 0.4) is 0 Å². The average Bonchev–Trinajstić information content (AvgIpc) is 2.62. The van der Waals surface area contributed by atoms with Gasteiger partial charge in [0.1, 0.15) is 0 Å². The van der Waals surface area contributed by atoms with Crippen molar-refractivity contribution in [3.63, 3.8) is 0 Å². The lowest BCUT2D eigenvalue weighted by atomic mass is 10.2. The Bertz CT molecular complexity index is 792. The van der Waals surface area contributed by atoms with Crippen molar-refractivity contribution in [1.82, 2.24) is 4.90 Å². The molecule has 0 N–H and O–H groups in total. The maximum atomic E-state index is 12.2. The Kier molecular flexibility index (Phi) is 6.89. The highest BCUT2D eigenvalue weighted by Crippen LogP contribution is 2.23. The van der Waals surface area contributed by atoms with Gasteiger partial charge in [0, 0.05) is 33.4 Å². The normalized spacial score (nSPS) is 10.3. The highest BCUT2D eigenvalue weighted by Gasteiger charge is 2.15. The van der Waals surface area contributed by atoms with E-state index in [0.29, 0.717) is 11.6 Å². The van der Waals surface area contributed by atoms with Crippen LogP contribution in [-0.2, 0) is 16.1 Å². The molecule has 2 aromatic rings. The molecule has 5 nitrogen and oxygen atoms in total. The van der Waals surface area contributed by atoms with E-state index in [1.165, 1.54) is 23.1 Å². The molecule has 138 valence electrons. The Labute approximate surface area is 163 Å². The van der Waals surface area contributed by atoms with E-state index in [9.17, 15) is 9.59 Å². The Hall–Kier alpha value is -2.24. The van der Waals surface area contributed by atoms with Gasteiger partial charge in [-0.15, -0.1) is 0 Å². The third-order valence-electron chi connectivity index (χ3n) is 3.78. The molecule has 26 heavy (non-hydrogen) atoms. The zero-order chi connectivity index (χ0) is 19.3. The predicted molar refractivity (Wildman–Crippen MR) is 104 cm³/mol. The number of likely N-dealkylation sites (N-methyl/N-ethyl adjacent to an activating group) is 1. The fraction of sp³-hybridized carbons (Fsp3) is 0.263. The molecule has 0 aliphatic carbocycles. The van der Waals surface area contributed by atoms with Gasteiger partial charge in [-0.2, -0.15) is 0 Å². The summed E-state index contributed by atoms with van der Waals surface area (Å²) in [5.41, 5.74) is 2.31. The summed E-state index contributed by atoms with van der Waals surface area (Å²) in [5, 5.41) is 0.602.